The first kappa shape index (κ1) is 12.1. The summed E-state index contributed by atoms with van der Waals surface area (Å²) < 4.78 is 19.1. The van der Waals surface area contributed by atoms with Gasteiger partial charge in [-0.2, -0.15) is 0 Å². The molecule has 0 fully saturated rings. The van der Waals surface area contributed by atoms with Gasteiger partial charge < -0.3 is 10.5 Å². The van der Waals surface area contributed by atoms with Crippen LogP contribution in [0.15, 0.2) is 35.7 Å². The van der Waals surface area contributed by atoms with Crippen LogP contribution >= 0.6 is 11.3 Å². The number of hydrogen-bond donors (Lipinski definition) is 1. The summed E-state index contributed by atoms with van der Waals surface area (Å²) >= 11 is 1.62. The van der Waals surface area contributed by atoms with Gasteiger partial charge in [-0.25, -0.2) is 4.39 Å². The third-order valence-corrected chi connectivity index (χ3v) is 3.27. The van der Waals surface area contributed by atoms with E-state index in [0.29, 0.717) is 17.9 Å². The Labute approximate surface area is 104 Å². The summed E-state index contributed by atoms with van der Waals surface area (Å²) in [6.45, 7) is 2.22. The van der Waals surface area contributed by atoms with Crippen LogP contribution in [-0.4, -0.2) is 0 Å². The molecule has 2 rings (SSSR count). The number of rotatable bonds is 4. The third kappa shape index (κ3) is 3.05. The van der Waals surface area contributed by atoms with Crippen molar-refractivity contribution in [1.82, 2.24) is 0 Å². The van der Waals surface area contributed by atoms with Crippen LogP contribution in [0.4, 0.5) is 4.39 Å². The van der Waals surface area contributed by atoms with E-state index in [9.17, 15) is 4.39 Å². The van der Waals surface area contributed by atoms with E-state index in [1.807, 2.05) is 17.5 Å². The Bertz CT molecular complexity index is 482. The zero-order chi connectivity index (χ0) is 12.3. The maximum absolute atomic E-state index is 13.6. The lowest BCUT2D eigenvalue weighted by atomic mass is 10.1. The van der Waals surface area contributed by atoms with Crippen LogP contribution in [0.2, 0.25) is 0 Å². The number of ether oxygens (including phenoxy) is 1. The Morgan fingerprint density at radius 2 is 2.24 bits per heavy atom. The Morgan fingerprint density at radius 1 is 1.41 bits per heavy atom. The fourth-order valence-corrected chi connectivity index (χ4v) is 2.13. The molecule has 2 N–H and O–H groups in total. The number of benzene rings is 1. The van der Waals surface area contributed by atoms with Crippen molar-refractivity contribution >= 4 is 11.3 Å². The zero-order valence-electron chi connectivity index (χ0n) is 9.52. The third-order valence-electron chi connectivity index (χ3n) is 2.42. The van der Waals surface area contributed by atoms with Crippen molar-refractivity contribution in [1.29, 1.82) is 0 Å². The minimum atomic E-state index is -0.316. The van der Waals surface area contributed by atoms with Gasteiger partial charge in [0.25, 0.3) is 0 Å². The molecule has 90 valence electrons. The molecule has 2 aromatic rings. The first-order chi connectivity index (χ1) is 8.16. The van der Waals surface area contributed by atoms with E-state index >= 15 is 0 Å². The molecule has 1 atom stereocenters. The van der Waals surface area contributed by atoms with Crippen LogP contribution in [-0.2, 0) is 6.61 Å². The number of halogens is 1. The molecule has 0 aliphatic heterocycles. The lowest BCUT2D eigenvalue weighted by Crippen LogP contribution is -2.07. The van der Waals surface area contributed by atoms with Gasteiger partial charge in [0.1, 0.15) is 18.2 Å². The van der Waals surface area contributed by atoms with Gasteiger partial charge in [0.15, 0.2) is 0 Å². The first-order valence-corrected chi connectivity index (χ1v) is 6.25. The Kier molecular flexibility index (Phi) is 3.76. The van der Waals surface area contributed by atoms with Gasteiger partial charge in [-0.05, 0) is 24.4 Å². The van der Waals surface area contributed by atoms with Crippen molar-refractivity contribution < 1.29 is 9.13 Å². The number of hydrogen-bond acceptors (Lipinski definition) is 3. The minimum absolute atomic E-state index is 0.304. The molecular weight excluding hydrogens is 237 g/mol. The number of thiophene rings is 1. The number of nitrogens with two attached hydrogens (primary N) is 1. The van der Waals surface area contributed by atoms with Gasteiger partial charge in [-0.15, -0.1) is 11.3 Å². The van der Waals surface area contributed by atoms with Crippen molar-refractivity contribution in [3.05, 3.63) is 52.0 Å². The van der Waals surface area contributed by atoms with Crippen LogP contribution < -0.4 is 10.5 Å². The normalized spacial score (nSPS) is 12.4. The minimum Gasteiger partial charge on any atom is -0.488 e. The predicted molar refractivity (Wildman–Crippen MR) is 67.7 cm³/mol. The van der Waals surface area contributed by atoms with Crippen molar-refractivity contribution in [2.45, 2.75) is 19.6 Å². The van der Waals surface area contributed by atoms with Crippen molar-refractivity contribution in [3.8, 4) is 5.75 Å². The van der Waals surface area contributed by atoms with E-state index in [1.165, 1.54) is 6.07 Å². The molecule has 0 radical (unpaired) electrons. The molecule has 0 bridgehead atoms. The molecular formula is C13H14FNOS. The molecule has 2 nitrogen and oxygen atoms in total. The van der Waals surface area contributed by atoms with Gasteiger partial charge in [0.05, 0.1) is 0 Å². The molecule has 1 aromatic heterocycles. The summed E-state index contributed by atoms with van der Waals surface area (Å²) in [4.78, 5) is 1.11. The fourth-order valence-electron chi connectivity index (χ4n) is 1.52. The van der Waals surface area contributed by atoms with Gasteiger partial charge in [0, 0.05) is 22.5 Å². The highest BCUT2D eigenvalue weighted by molar-refractivity contribution is 7.09. The van der Waals surface area contributed by atoms with E-state index in [1.54, 1.807) is 30.4 Å². The molecule has 0 saturated carbocycles. The summed E-state index contributed by atoms with van der Waals surface area (Å²) in [7, 11) is 0. The summed E-state index contributed by atoms with van der Waals surface area (Å²) in [5, 5.41) is 1.98. The van der Waals surface area contributed by atoms with Crippen LogP contribution in [0, 0.1) is 5.82 Å². The van der Waals surface area contributed by atoms with Gasteiger partial charge >= 0.3 is 0 Å². The summed E-state index contributed by atoms with van der Waals surface area (Å²) in [6.07, 6.45) is 0. The maximum Gasteiger partial charge on any atom is 0.131 e. The fraction of sp³-hybridized carbons (Fsp3) is 0.231. The second-order valence-corrected chi connectivity index (χ2v) is 4.87. The zero-order valence-corrected chi connectivity index (χ0v) is 10.3. The summed E-state index contributed by atoms with van der Waals surface area (Å²) in [5.41, 5.74) is 6.14. The van der Waals surface area contributed by atoms with Crippen molar-refractivity contribution in [2.75, 3.05) is 0 Å². The van der Waals surface area contributed by atoms with Crippen LogP contribution in [0.1, 0.15) is 23.4 Å². The lowest BCUT2D eigenvalue weighted by Gasteiger charge is -2.09. The van der Waals surface area contributed by atoms with E-state index in [-0.39, 0.29) is 11.9 Å². The smallest absolute Gasteiger partial charge is 0.131 e. The molecule has 0 aliphatic rings. The van der Waals surface area contributed by atoms with E-state index in [4.69, 9.17) is 10.5 Å². The average molecular weight is 251 g/mol. The second kappa shape index (κ2) is 5.29. The van der Waals surface area contributed by atoms with Gasteiger partial charge in [-0.3, -0.25) is 0 Å². The van der Waals surface area contributed by atoms with E-state index in [2.05, 4.69) is 0 Å². The second-order valence-electron chi connectivity index (χ2n) is 3.84. The molecule has 0 amide bonds. The highest BCUT2D eigenvalue weighted by Gasteiger charge is 2.08. The molecule has 0 spiro atoms. The predicted octanol–water partition coefficient (Wildman–Crippen LogP) is 3.49. The maximum atomic E-state index is 13.6. The highest BCUT2D eigenvalue weighted by Crippen LogP contribution is 2.22. The SMILES string of the molecule is C[C@@H](N)c1ccc(OCc2cccs2)cc1F. The topological polar surface area (TPSA) is 35.2 Å². The molecule has 0 saturated heterocycles. The molecule has 0 aliphatic carbocycles. The van der Waals surface area contributed by atoms with Gasteiger partial charge in [-0.1, -0.05) is 12.1 Å². The molecule has 1 aromatic carbocycles. The summed E-state index contributed by atoms with van der Waals surface area (Å²) in [6, 6.07) is 8.44. The van der Waals surface area contributed by atoms with Crippen LogP contribution in [0.25, 0.3) is 0 Å². The largest absolute Gasteiger partial charge is 0.488 e. The van der Waals surface area contributed by atoms with E-state index < -0.39 is 0 Å². The quantitative estimate of drug-likeness (QED) is 0.902. The monoisotopic (exact) mass is 251 g/mol. The van der Waals surface area contributed by atoms with E-state index in [0.717, 1.165) is 4.88 Å². The average Bonchev–Trinajstić information content (AvgIpc) is 2.78. The Morgan fingerprint density at radius 3 is 2.82 bits per heavy atom. The molecule has 4 heteroatoms. The highest BCUT2D eigenvalue weighted by atomic mass is 32.1. The van der Waals surface area contributed by atoms with Crippen molar-refractivity contribution in [2.24, 2.45) is 5.73 Å². The molecule has 0 unspecified atom stereocenters. The lowest BCUT2D eigenvalue weighted by molar-refractivity contribution is 0.308. The molecule has 17 heavy (non-hydrogen) atoms. The van der Waals surface area contributed by atoms with Gasteiger partial charge in [0.2, 0.25) is 0 Å². The standard InChI is InChI=1S/C13H14FNOS/c1-9(15)12-5-4-10(7-13(12)14)16-8-11-3-2-6-17-11/h2-7,9H,8,15H2,1H3/t9-/m1/s1. The summed E-state index contributed by atoms with van der Waals surface area (Å²) in [5.74, 6) is 0.212. The van der Waals surface area contributed by atoms with Crippen molar-refractivity contribution in [3.63, 3.8) is 0 Å². The van der Waals surface area contributed by atoms with Crippen LogP contribution in [0.5, 0.6) is 5.75 Å². The van der Waals surface area contributed by atoms with Crippen LogP contribution in [0.3, 0.4) is 0 Å². The first-order valence-electron chi connectivity index (χ1n) is 5.37. The molecule has 1 heterocycles. The Balaban J connectivity index is 2.05. The Hall–Kier alpha value is -1.39.